The van der Waals surface area contributed by atoms with Crippen molar-refractivity contribution in [3.05, 3.63) is 65.7 Å². The van der Waals surface area contributed by atoms with Gasteiger partial charge in [0.2, 0.25) is 11.8 Å². The lowest BCUT2D eigenvalue weighted by molar-refractivity contribution is -0.145. The van der Waals surface area contributed by atoms with E-state index in [9.17, 15) is 24.3 Å². The minimum Gasteiger partial charge on any atom is -0.508 e. The Morgan fingerprint density at radius 2 is 1.68 bits per heavy atom. The lowest BCUT2D eigenvalue weighted by Crippen LogP contribution is -2.54. The van der Waals surface area contributed by atoms with E-state index in [-0.39, 0.29) is 43.7 Å². The summed E-state index contributed by atoms with van der Waals surface area (Å²) in [6.07, 6.45) is 0.104. The third kappa shape index (κ3) is 9.51. The molecule has 10 nitrogen and oxygen atoms in total. The molecular weight excluding hydrogens is 526 g/mol. The van der Waals surface area contributed by atoms with E-state index in [1.165, 1.54) is 17.0 Å². The molecule has 0 bridgehead atoms. The molecule has 1 aliphatic carbocycles. The van der Waals surface area contributed by atoms with E-state index in [1.807, 2.05) is 37.3 Å². The predicted molar refractivity (Wildman–Crippen MR) is 153 cm³/mol. The number of alkyl carbamates (subject to hydrolysis) is 1. The molecule has 4 unspecified atom stereocenters. The normalized spacial score (nSPS) is 17.5. The lowest BCUT2D eigenvalue weighted by atomic mass is 9.99. The zero-order valence-electron chi connectivity index (χ0n) is 24.4. The van der Waals surface area contributed by atoms with Gasteiger partial charge in [-0.3, -0.25) is 14.4 Å². The molecule has 2 aromatic carbocycles. The van der Waals surface area contributed by atoms with Crippen molar-refractivity contribution in [1.29, 1.82) is 0 Å². The number of hydrogen-bond acceptors (Lipinski definition) is 7. The first-order valence-corrected chi connectivity index (χ1v) is 14.0. The highest BCUT2D eigenvalue weighted by molar-refractivity contribution is 5.93. The van der Waals surface area contributed by atoms with Crippen molar-refractivity contribution in [1.82, 2.24) is 15.5 Å². The number of benzene rings is 2. The average Bonchev–Trinajstić information content (AvgIpc) is 3.62. The van der Waals surface area contributed by atoms with E-state index in [1.54, 1.807) is 39.8 Å². The Morgan fingerprint density at radius 1 is 1.05 bits per heavy atom. The zero-order chi connectivity index (χ0) is 30.2. The summed E-state index contributed by atoms with van der Waals surface area (Å²) >= 11 is 0. The molecule has 1 aliphatic rings. The van der Waals surface area contributed by atoms with Gasteiger partial charge in [-0.05, 0) is 63.3 Å². The zero-order valence-corrected chi connectivity index (χ0v) is 24.4. The number of amides is 3. The summed E-state index contributed by atoms with van der Waals surface area (Å²) in [5, 5.41) is 15.4. The highest BCUT2D eigenvalue weighted by atomic mass is 16.6. The number of carbonyl (C=O) groups excluding carboxylic acids is 4. The summed E-state index contributed by atoms with van der Waals surface area (Å²) in [6, 6.07) is 13.0. The lowest BCUT2D eigenvalue weighted by Gasteiger charge is -2.35. The van der Waals surface area contributed by atoms with Crippen LogP contribution in [0.3, 0.4) is 0 Å². The van der Waals surface area contributed by atoms with Crippen LogP contribution >= 0.6 is 0 Å². The number of nitrogens with zero attached hydrogens (tertiary/aromatic N) is 1. The minimum atomic E-state index is -1.07. The van der Waals surface area contributed by atoms with Crippen LogP contribution in [0.1, 0.15) is 64.6 Å². The summed E-state index contributed by atoms with van der Waals surface area (Å²) < 4.78 is 10.4. The summed E-state index contributed by atoms with van der Waals surface area (Å²) in [4.78, 5) is 54.3. The summed E-state index contributed by atoms with van der Waals surface area (Å²) in [6.45, 7) is 9.16. The first kappa shape index (κ1) is 31.4. The minimum absolute atomic E-state index is 0.0152. The van der Waals surface area contributed by atoms with Gasteiger partial charge in [0.1, 0.15) is 23.4 Å². The van der Waals surface area contributed by atoms with Crippen LogP contribution in [0, 0.1) is 5.92 Å². The predicted octanol–water partition coefficient (Wildman–Crippen LogP) is 3.88. The van der Waals surface area contributed by atoms with Crippen molar-refractivity contribution in [2.24, 2.45) is 5.92 Å². The number of nitrogens with one attached hydrogen (secondary N) is 2. The second-order valence-corrected chi connectivity index (χ2v) is 11.3. The van der Waals surface area contributed by atoms with Crippen LogP contribution in [0.5, 0.6) is 5.75 Å². The molecule has 0 aromatic heterocycles. The average molecular weight is 568 g/mol. The Hall–Kier alpha value is -4.08. The number of rotatable bonds is 12. The van der Waals surface area contributed by atoms with Crippen LogP contribution in [-0.2, 0) is 30.3 Å². The van der Waals surface area contributed by atoms with E-state index in [0.717, 1.165) is 5.56 Å². The van der Waals surface area contributed by atoms with Crippen molar-refractivity contribution in [2.75, 3.05) is 13.2 Å². The Labute approximate surface area is 241 Å². The third-order valence-corrected chi connectivity index (χ3v) is 6.62. The molecule has 1 fully saturated rings. The maximum absolute atomic E-state index is 14.4. The summed E-state index contributed by atoms with van der Waals surface area (Å²) in [7, 11) is 0. The van der Waals surface area contributed by atoms with Crippen LogP contribution in [-0.4, -0.2) is 64.7 Å². The molecular formula is C31H41N3O7. The molecule has 0 saturated heterocycles. The second kappa shape index (κ2) is 14.0. The maximum atomic E-state index is 14.4. The first-order chi connectivity index (χ1) is 19.4. The van der Waals surface area contributed by atoms with Gasteiger partial charge in [0.25, 0.3) is 0 Å². The monoisotopic (exact) mass is 567 g/mol. The fraction of sp³-hybridized carbons (Fsp3) is 0.484. The second-order valence-electron chi connectivity index (χ2n) is 11.3. The fourth-order valence-electron chi connectivity index (χ4n) is 4.56. The Balaban J connectivity index is 1.97. The van der Waals surface area contributed by atoms with Crippen LogP contribution in [0.15, 0.2) is 54.6 Å². The quantitative estimate of drug-likeness (QED) is 0.332. The molecule has 1 saturated carbocycles. The van der Waals surface area contributed by atoms with E-state index in [2.05, 4.69) is 10.6 Å². The van der Waals surface area contributed by atoms with Gasteiger partial charge in [-0.2, -0.15) is 0 Å². The molecule has 0 radical (unpaired) electrons. The maximum Gasteiger partial charge on any atom is 0.408 e. The SMILES string of the molecule is CCOC(=O)CCNC(=O)C(c1ccc(O)cc1)N(C(=O)C(Cc1ccccc1)NC(=O)OC(C)(C)C)C1CC1C. The van der Waals surface area contributed by atoms with Crippen LogP contribution in [0.25, 0.3) is 0 Å². The molecule has 0 spiro atoms. The van der Waals surface area contributed by atoms with Gasteiger partial charge in [0.15, 0.2) is 0 Å². The molecule has 10 heteroatoms. The Bertz CT molecular complexity index is 1190. The topological polar surface area (TPSA) is 134 Å². The molecule has 222 valence electrons. The molecule has 0 heterocycles. The van der Waals surface area contributed by atoms with Gasteiger partial charge >= 0.3 is 12.1 Å². The number of aromatic hydroxyl groups is 1. The highest BCUT2D eigenvalue weighted by Gasteiger charge is 2.48. The smallest absolute Gasteiger partial charge is 0.408 e. The molecule has 41 heavy (non-hydrogen) atoms. The van der Waals surface area contributed by atoms with E-state index in [4.69, 9.17) is 9.47 Å². The Morgan fingerprint density at radius 3 is 2.24 bits per heavy atom. The number of hydrogen-bond donors (Lipinski definition) is 3. The largest absolute Gasteiger partial charge is 0.508 e. The van der Waals surface area contributed by atoms with Gasteiger partial charge in [0, 0.05) is 19.0 Å². The van der Waals surface area contributed by atoms with Crippen molar-refractivity contribution < 1.29 is 33.8 Å². The van der Waals surface area contributed by atoms with Gasteiger partial charge in [0.05, 0.1) is 13.0 Å². The number of carbonyl (C=O) groups is 4. The van der Waals surface area contributed by atoms with E-state index in [0.29, 0.717) is 12.0 Å². The molecule has 2 aromatic rings. The van der Waals surface area contributed by atoms with E-state index < -0.39 is 41.6 Å². The van der Waals surface area contributed by atoms with Crippen molar-refractivity contribution in [3.63, 3.8) is 0 Å². The number of phenolic OH excluding ortho intramolecular Hbond substituents is 1. The standard InChI is InChI=1S/C31H41N3O7/c1-6-40-26(36)16-17-32-28(37)27(22-12-14-23(35)15-13-22)34(25-18-20(25)2)29(38)24(19-21-10-8-7-9-11-21)33-30(39)41-31(3,4)5/h7-15,20,24-25,27,35H,6,16-19H2,1-5H3,(H,32,37)(H,33,39). The van der Waals surface area contributed by atoms with Crippen molar-refractivity contribution in [2.45, 2.75) is 77.6 Å². The summed E-state index contributed by atoms with van der Waals surface area (Å²) in [5.74, 6) is -1.22. The molecule has 4 atom stereocenters. The fourth-order valence-corrected chi connectivity index (χ4v) is 4.56. The van der Waals surface area contributed by atoms with Crippen LogP contribution < -0.4 is 10.6 Å². The van der Waals surface area contributed by atoms with Gasteiger partial charge < -0.3 is 30.1 Å². The number of esters is 1. The molecule has 0 aliphatic heterocycles. The first-order valence-electron chi connectivity index (χ1n) is 14.0. The van der Waals surface area contributed by atoms with Gasteiger partial charge in [-0.1, -0.05) is 49.4 Å². The Kier molecular flexibility index (Phi) is 10.7. The van der Waals surface area contributed by atoms with Crippen molar-refractivity contribution >= 4 is 23.9 Å². The summed E-state index contributed by atoms with van der Waals surface area (Å²) in [5.41, 5.74) is 0.535. The highest BCUT2D eigenvalue weighted by Crippen LogP contribution is 2.41. The van der Waals surface area contributed by atoms with E-state index >= 15 is 0 Å². The van der Waals surface area contributed by atoms with Crippen LogP contribution in [0.2, 0.25) is 0 Å². The third-order valence-electron chi connectivity index (χ3n) is 6.62. The number of ether oxygens (including phenoxy) is 2. The molecule has 3 N–H and O–H groups in total. The number of phenols is 1. The van der Waals surface area contributed by atoms with Gasteiger partial charge in [-0.25, -0.2) is 4.79 Å². The van der Waals surface area contributed by atoms with Gasteiger partial charge in [-0.15, -0.1) is 0 Å². The molecule has 3 rings (SSSR count). The van der Waals surface area contributed by atoms with Crippen LogP contribution in [0.4, 0.5) is 4.79 Å². The molecule has 3 amide bonds. The van der Waals surface area contributed by atoms with Crippen molar-refractivity contribution in [3.8, 4) is 5.75 Å².